The number of aliphatic imine (C=N–C) groups is 1. The first-order chi connectivity index (χ1) is 14.1. The van der Waals surface area contributed by atoms with Crippen molar-refractivity contribution in [3.8, 4) is 5.75 Å². The fourth-order valence-electron chi connectivity index (χ4n) is 3.16. The van der Waals surface area contributed by atoms with E-state index in [0.29, 0.717) is 19.7 Å². The zero-order chi connectivity index (χ0) is 20.6. The minimum absolute atomic E-state index is 0.195. The Bertz CT molecular complexity index is 827. The molecule has 1 saturated heterocycles. The molecule has 1 atom stereocenters. The summed E-state index contributed by atoms with van der Waals surface area (Å²) in [6.45, 7) is 9.33. The molecule has 0 bridgehead atoms. The highest BCUT2D eigenvalue weighted by atomic mass is 16.5. The molecule has 0 saturated carbocycles. The van der Waals surface area contributed by atoms with Crippen LogP contribution in [0, 0.1) is 13.8 Å². The SMILES string of the molecule is CCNC(=NCc1ccc(C)cc1OCC1CCCO1)NCc1nnc(C)n1C. The zero-order valence-electron chi connectivity index (χ0n) is 17.9. The van der Waals surface area contributed by atoms with Gasteiger partial charge >= 0.3 is 0 Å². The van der Waals surface area contributed by atoms with Gasteiger partial charge in [-0.2, -0.15) is 0 Å². The second-order valence-electron chi connectivity index (χ2n) is 7.33. The molecule has 0 amide bonds. The van der Waals surface area contributed by atoms with Crippen LogP contribution in [0.1, 0.15) is 42.5 Å². The van der Waals surface area contributed by atoms with E-state index in [9.17, 15) is 0 Å². The minimum atomic E-state index is 0.195. The summed E-state index contributed by atoms with van der Waals surface area (Å²) in [4.78, 5) is 4.73. The third-order valence-electron chi connectivity index (χ3n) is 5.02. The maximum Gasteiger partial charge on any atom is 0.191 e. The van der Waals surface area contributed by atoms with Crippen LogP contribution in [0.2, 0.25) is 0 Å². The number of aryl methyl sites for hydroxylation is 2. The maximum absolute atomic E-state index is 6.09. The van der Waals surface area contributed by atoms with Gasteiger partial charge in [0.2, 0.25) is 0 Å². The number of hydrogen-bond acceptors (Lipinski definition) is 5. The van der Waals surface area contributed by atoms with Gasteiger partial charge in [-0.15, -0.1) is 10.2 Å². The van der Waals surface area contributed by atoms with Crippen molar-refractivity contribution in [1.82, 2.24) is 25.4 Å². The molecule has 1 unspecified atom stereocenters. The van der Waals surface area contributed by atoms with E-state index in [2.05, 4.69) is 46.0 Å². The molecular weight excluding hydrogens is 368 g/mol. The number of rotatable bonds is 8. The van der Waals surface area contributed by atoms with Crippen molar-refractivity contribution in [2.24, 2.45) is 12.0 Å². The van der Waals surface area contributed by atoms with Crippen LogP contribution < -0.4 is 15.4 Å². The highest BCUT2D eigenvalue weighted by Gasteiger charge is 2.17. The summed E-state index contributed by atoms with van der Waals surface area (Å²) in [5.74, 6) is 3.36. The van der Waals surface area contributed by atoms with E-state index in [-0.39, 0.29) is 6.10 Å². The van der Waals surface area contributed by atoms with Gasteiger partial charge in [-0.1, -0.05) is 12.1 Å². The van der Waals surface area contributed by atoms with Gasteiger partial charge in [-0.25, -0.2) is 4.99 Å². The standard InChI is InChI=1S/C21H32N6O2/c1-5-22-21(24-13-20-26-25-16(3)27(20)4)23-12-17-9-8-15(2)11-19(17)29-14-18-7-6-10-28-18/h8-9,11,18H,5-7,10,12-14H2,1-4H3,(H2,22,23,24). The van der Waals surface area contributed by atoms with Crippen molar-refractivity contribution in [3.63, 3.8) is 0 Å². The van der Waals surface area contributed by atoms with Gasteiger partial charge in [-0.3, -0.25) is 0 Å². The first-order valence-corrected chi connectivity index (χ1v) is 10.3. The summed E-state index contributed by atoms with van der Waals surface area (Å²) in [5.41, 5.74) is 2.23. The molecule has 1 fully saturated rings. The summed E-state index contributed by atoms with van der Waals surface area (Å²) >= 11 is 0. The molecule has 3 rings (SSSR count). The fourth-order valence-corrected chi connectivity index (χ4v) is 3.16. The van der Waals surface area contributed by atoms with Crippen LogP contribution in [0.15, 0.2) is 23.2 Å². The smallest absolute Gasteiger partial charge is 0.191 e. The Balaban J connectivity index is 1.65. The van der Waals surface area contributed by atoms with E-state index in [4.69, 9.17) is 14.5 Å². The summed E-state index contributed by atoms with van der Waals surface area (Å²) in [5, 5.41) is 14.9. The molecule has 8 nitrogen and oxygen atoms in total. The molecule has 0 spiro atoms. The Morgan fingerprint density at radius 2 is 2.17 bits per heavy atom. The average Bonchev–Trinajstić information content (AvgIpc) is 3.34. The maximum atomic E-state index is 6.09. The number of ether oxygens (including phenoxy) is 2. The Morgan fingerprint density at radius 1 is 1.31 bits per heavy atom. The van der Waals surface area contributed by atoms with Crippen LogP contribution in [0.5, 0.6) is 5.75 Å². The summed E-state index contributed by atoms with van der Waals surface area (Å²) < 4.78 is 13.7. The summed E-state index contributed by atoms with van der Waals surface area (Å²) in [7, 11) is 1.96. The second-order valence-corrected chi connectivity index (χ2v) is 7.33. The largest absolute Gasteiger partial charge is 0.491 e. The number of nitrogens with one attached hydrogen (secondary N) is 2. The molecule has 2 aromatic rings. The normalized spacial score (nSPS) is 16.8. The molecular formula is C21H32N6O2. The van der Waals surface area contributed by atoms with Crippen LogP contribution in [0.25, 0.3) is 0 Å². The molecule has 158 valence electrons. The van der Waals surface area contributed by atoms with Gasteiger partial charge in [0.05, 0.1) is 19.2 Å². The van der Waals surface area contributed by atoms with Crippen molar-refractivity contribution in [2.75, 3.05) is 19.8 Å². The Hall–Kier alpha value is -2.61. The zero-order valence-corrected chi connectivity index (χ0v) is 17.9. The van der Waals surface area contributed by atoms with Crippen molar-refractivity contribution >= 4 is 5.96 Å². The van der Waals surface area contributed by atoms with Crippen molar-refractivity contribution in [1.29, 1.82) is 0 Å². The van der Waals surface area contributed by atoms with Crippen LogP contribution in [0.3, 0.4) is 0 Å². The predicted molar refractivity (Wildman–Crippen MR) is 113 cm³/mol. The molecule has 2 N–H and O–H groups in total. The van der Waals surface area contributed by atoms with Gasteiger partial charge in [-0.05, 0) is 45.2 Å². The lowest BCUT2D eigenvalue weighted by molar-refractivity contribution is 0.0676. The lowest BCUT2D eigenvalue weighted by atomic mass is 10.1. The van der Waals surface area contributed by atoms with Crippen molar-refractivity contribution in [2.45, 2.75) is 52.8 Å². The van der Waals surface area contributed by atoms with Crippen LogP contribution in [0.4, 0.5) is 0 Å². The summed E-state index contributed by atoms with van der Waals surface area (Å²) in [6, 6.07) is 6.24. The second kappa shape index (κ2) is 10.2. The molecule has 29 heavy (non-hydrogen) atoms. The van der Waals surface area contributed by atoms with Crippen molar-refractivity contribution in [3.05, 3.63) is 41.0 Å². The van der Waals surface area contributed by atoms with Gasteiger partial charge in [0, 0.05) is 25.8 Å². The molecule has 2 heterocycles. The minimum Gasteiger partial charge on any atom is -0.491 e. The third kappa shape index (κ3) is 5.93. The Kier molecular flexibility index (Phi) is 7.46. The lowest BCUT2D eigenvalue weighted by Crippen LogP contribution is -2.37. The lowest BCUT2D eigenvalue weighted by Gasteiger charge is -2.15. The highest BCUT2D eigenvalue weighted by Crippen LogP contribution is 2.23. The third-order valence-corrected chi connectivity index (χ3v) is 5.02. The quantitative estimate of drug-likeness (QED) is 0.522. The van der Waals surface area contributed by atoms with E-state index in [0.717, 1.165) is 54.9 Å². The Morgan fingerprint density at radius 3 is 2.86 bits per heavy atom. The molecule has 1 aliphatic heterocycles. The van der Waals surface area contributed by atoms with E-state index < -0.39 is 0 Å². The van der Waals surface area contributed by atoms with Crippen LogP contribution in [-0.4, -0.2) is 46.6 Å². The van der Waals surface area contributed by atoms with Crippen LogP contribution in [-0.2, 0) is 24.9 Å². The molecule has 1 aliphatic rings. The summed E-state index contributed by atoms with van der Waals surface area (Å²) in [6.07, 6.45) is 2.37. The molecule has 8 heteroatoms. The number of aromatic nitrogens is 3. The molecule has 1 aromatic carbocycles. The van der Waals surface area contributed by atoms with E-state index >= 15 is 0 Å². The van der Waals surface area contributed by atoms with E-state index in [1.807, 2.05) is 25.5 Å². The molecule has 0 aliphatic carbocycles. The topological polar surface area (TPSA) is 85.6 Å². The highest BCUT2D eigenvalue weighted by molar-refractivity contribution is 5.79. The molecule has 1 aromatic heterocycles. The average molecular weight is 401 g/mol. The van der Waals surface area contributed by atoms with Gasteiger partial charge in [0.25, 0.3) is 0 Å². The number of guanidine groups is 1. The van der Waals surface area contributed by atoms with Crippen LogP contribution >= 0.6 is 0 Å². The van der Waals surface area contributed by atoms with E-state index in [1.165, 1.54) is 5.56 Å². The van der Waals surface area contributed by atoms with Gasteiger partial charge in [0.15, 0.2) is 11.8 Å². The Labute approximate surface area is 172 Å². The van der Waals surface area contributed by atoms with E-state index in [1.54, 1.807) is 0 Å². The fraction of sp³-hybridized carbons (Fsp3) is 0.571. The van der Waals surface area contributed by atoms with Gasteiger partial charge in [0.1, 0.15) is 18.2 Å². The number of nitrogens with zero attached hydrogens (tertiary/aromatic N) is 4. The number of hydrogen-bond donors (Lipinski definition) is 2. The first kappa shape index (κ1) is 21.1. The predicted octanol–water partition coefficient (Wildman–Crippen LogP) is 2.25. The van der Waals surface area contributed by atoms with Crippen molar-refractivity contribution < 1.29 is 9.47 Å². The number of benzene rings is 1. The first-order valence-electron chi connectivity index (χ1n) is 10.3. The molecule has 0 radical (unpaired) electrons. The monoisotopic (exact) mass is 400 g/mol. The van der Waals surface area contributed by atoms with Gasteiger partial charge < -0.3 is 24.7 Å².